The van der Waals surface area contributed by atoms with E-state index in [2.05, 4.69) is 12.2 Å². The fourth-order valence-corrected chi connectivity index (χ4v) is 2.12. The van der Waals surface area contributed by atoms with Crippen LogP contribution >= 0.6 is 12.2 Å². The van der Waals surface area contributed by atoms with Crippen LogP contribution in [0.2, 0.25) is 0 Å². The SMILES string of the molecule is NC(=S)c1ccc(NS(=O)(=O)NCC(F)(F)F)c(F)c1. The quantitative estimate of drug-likeness (QED) is 0.560. The van der Waals surface area contributed by atoms with Gasteiger partial charge in [-0.15, -0.1) is 0 Å². The van der Waals surface area contributed by atoms with Crippen LogP contribution in [0, 0.1) is 5.82 Å². The van der Waals surface area contributed by atoms with E-state index in [1.807, 2.05) is 0 Å². The number of hydrogen-bond acceptors (Lipinski definition) is 3. The number of nitrogens with two attached hydrogens (primary N) is 1. The molecule has 1 rings (SSSR count). The number of nitrogens with one attached hydrogen (secondary N) is 2. The van der Waals surface area contributed by atoms with Crippen LogP contribution in [0.15, 0.2) is 18.2 Å². The molecule has 0 aliphatic carbocycles. The van der Waals surface area contributed by atoms with Crippen LogP contribution in [0.3, 0.4) is 0 Å². The normalized spacial score (nSPS) is 12.2. The van der Waals surface area contributed by atoms with Crippen LogP contribution in [0.1, 0.15) is 5.56 Å². The van der Waals surface area contributed by atoms with E-state index in [9.17, 15) is 26.0 Å². The zero-order valence-electron chi connectivity index (χ0n) is 9.66. The van der Waals surface area contributed by atoms with Crippen molar-refractivity contribution in [2.75, 3.05) is 11.3 Å². The van der Waals surface area contributed by atoms with Crippen molar-refractivity contribution >= 4 is 33.1 Å². The number of benzene rings is 1. The summed E-state index contributed by atoms with van der Waals surface area (Å²) in [5.41, 5.74) is 4.87. The van der Waals surface area contributed by atoms with Gasteiger partial charge in [0.25, 0.3) is 10.2 Å². The number of halogens is 4. The molecule has 0 amide bonds. The van der Waals surface area contributed by atoms with Crippen molar-refractivity contribution in [3.05, 3.63) is 29.6 Å². The third kappa shape index (κ3) is 5.27. The second-order valence-electron chi connectivity index (χ2n) is 3.60. The van der Waals surface area contributed by atoms with Gasteiger partial charge in [0.2, 0.25) is 0 Å². The van der Waals surface area contributed by atoms with Crippen molar-refractivity contribution in [3.8, 4) is 0 Å². The van der Waals surface area contributed by atoms with Crippen molar-refractivity contribution in [3.63, 3.8) is 0 Å². The van der Waals surface area contributed by atoms with Crippen LogP contribution in [-0.4, -0.2) is 26.1 Å². The fourth-order valence-electron chi connectivity index (χ4n) is 1.11. The summed E-state index contributed by atoms with van der Waals surface area (Å²) >= 11 is 4.59. The molecule has 0 bridgehead atoms. The molecule has 11 heteroatoms. The number of hydrogen-bond donors (Lipinski definition) is 3. The molecule has 0 spiro atoms. The first-order valence-corrected chi connectivity index (χ1v) is 6.83. The van der Waals surface area contributed by atoms with Crippen molar-refractivity contribution < 1.29 is 26.0 Å². The maximum absolute atomic E-state index is 13.5. The fraction of sp³-hybridized carbons (Fsp3) is 0.222. The highest BCUT2D eigenvalue weighted by molar-refractivity contribution is 7.90. The maximum Gasteiger partial charge on any atom is 0.402 e. The molecular formula is C9H9F4N3O2S2. The van der Waals surface area contributed by atoms with Crippen LogP contribution in [0.5, 0.6) is 0 Å². The molecule has 5 nitrogen and oxygen atoms in total. The van der Waals surface area contributed by atoms with Gasteiger partial charge in [0.1, 0.15) is 17.4 Å². The van der Waals surface area contributed by atoms with Crippen molar-refractivity contribution in [1.82, 2.24) is 4.72 Å². The standard InChI is InChI=1S/C9H9F4N3O2S2/c10-6-3-5(8(14)19)1-2-7(6)16-20(17,18)15-4-9(11,12)13/h1-3,15-16H,4H2,(H2,14,19). The predicted octanol–water partition coefficient (Wildman–Crippen LogP) is 1.27. The molecule has 0 heterocycles. The van der Waals surface area contributed by atoms with E-state index in [4.69, 9.17) is 5.73 Å². The maximum atomic E-state index is 13.5. The first-order chi connectivity index (χ1) is 9.00. The van der Waals surface area contributed by atoms with Crippen LogP contribution < -0.4 is 15.2 Å². The van der Waals surface area contributed by atoms with Crippen LogP contribution in [0.25, 0.3) is 0 Å². The molecule has 1 aromatic carbocycles. The Balaban J connectivity index is 2.85. The molecule has 112 valence electrons. The van der Waals surface area contributed by atoms with Gasteiger partial charge in [-0.3, -0.25) is 4.72 Å². The Kier molecular flexibility index (Phi) is 4.89. The highest BCUT2D eigenvalue weighted by Crippen LogP contribution is 2.17. The van der Waals surface area contributed by atoms with E-state index in [1.165, 1.54) is 10.8 Å². The molecule has 20 heavy (non-hydrogen) atoms. The Hall–Kier alpha value is -1.46. The van der Waals surface area contributed by atoms with Crippen LogP contribution in [0.4, 0.5) is 23.2 Å². The van der Waals surface area contributed by atoms with Gasteiger partial charge >= 0.3 is 6.18 Å². The second-order valence-corrected chi connectivity index (χ2v) is 5.54. The van der Waals surface area contributed by atoms with Crippen LogP contribution in [-0.2, 0) is 10.2 Å². The number of anilines is 1. The van der Waals surface area contributed by atoms with Gasteiger partial charge in [0.05, 0.1) is 5.69 Å². The predicted molar refractivity (Wildman–Crippen MR) is 68.9 cm³/mol. The Labute approximate surface area is 117 Å². The summed E-state index contributed by atoms with van der Waals surface area (Å²) < 4.78 is 74.6. The van der Waals surface area contributed by atoms with E-state index < -0.39 is 34.4 Å². The van der Waals surface area contributed by atoms with Gasteiger partial charge < -0.3 is 5.73 Å². The largest absolute Gasteiger partial charge is 0.402 e. The smallest absolute Gasteiger partial charge is 0.389 e. The number of alkyl halides is 3. The minimum Gasteiger partial charge on any atom is -0.389 e. The third-order valence-electron chi connectivity index (χ3n) is 1.96. The van der Waals surface area contributed by atoms with E-state index in [1.54, 1.807) is 4.72 Å². The summed E-state index contributed by atoms with van der Waals surface area (Å²) in [5.74, 6) is -1.02. The topological polar surface area (TPSA) is 84.2 Å². The van der Waals surface area contributed by atoms with E-state index in [0.29, 0.717) is 0 Å². The highest BCUT2D eigenvalue weighted by Gasteiger charge is 2.29. The van der Waals surface area contributed by atoms with Gasteiger partial charge in [-0.05, 0) is 18.2 Å². The lowest BCUT2D eigenvalue weighted by atomic mass is 10.2. The van der Waals surface area contributed by atoms with Gasteiger partial charge in [-0.25, -0.2) is 4.39 Å². The molecular weight excluding hydrogens is 322 g/mol. The third-order valence-corrected chi connectivity index (χ3v) is 3.21. The minimum absolute atomic E-state index is 0.103. The van der Waals surface area contributed by atoms with Gasteiger partial charge in [-0.1, -0.05) is 12.2 Å². The van der Waals surface area contributed by atoms with E-state index in [0.717, 1.165) is 12.1 Å². The van der Waals surface area contributed by atoms with Crippen molar-refractivity contribution in [2.45, 2.75) is 6.18 Å². The highest BCUT2D eigenvalue weighted by atomic mass is 32.2. The lowest BCUT2D eigenvalue weighted by Gasteiger charge is -2.12. The minimum atomic E-state index is -4.72. The first kappa shape index (κ1) is 16.6. The zero-order chi connectivity index (χ0) is 15.6. The summed E-state index contributed by atoms with van der Waals surface area (Å²) in [4.78, 5) is -0.103. The number of rotatable bonds is 5. The van der Waals surface area contributed by atoms with E-state index in [-0.39, 0.29) is 10.6 Å². The Morgan fingerprint density at radius 2 is 1.95 bits per heavy atom. The molecule has 0 aliphatic rings. The lowest BCUT2D eigenvalue weighted by Crippen LogP contribution is -2.37. The molecule has 1 aromatic rings. The van der Waals surface area contributed by atoms with Crippen molar-refractivity contribution in [2.24, 2.45) is 5.73 Å². The number of thiocarbonyl (C=S) groups is 1. The summed E-state index contributed by atoms with van der Waals surface area (Å²) in [6, 6.07) is 3.09. The summed E-state index contributed by atoms with van der Waals surface area (Å²) in [7, 11) is -4.55. The molecule has 0 aromatic heterocycles. The van der Waals surface area contributed by atoms with Crippen molar-refractivity contribution in [1.29, 1.82) is 0 Å². The second kappa shape index (κ2) is 5.89. The molecule has 0 fully saturated rings. The summed E-state index contributed by atoms with van der Waals surface area (Å²) in [5, 5.41) is 0. The van der Waals surface area contributed by atoms with E-state index >= 15 is 0 Å². The average molecular weight is 331 g/mol. The van der Waals surface area contributed by atoms with Gasteiger partial charge in [0.15, 0.2) is 0 Å². The Morgan fingerprint density at radius 1 is 1.35 bits per heavy atom. The molecule has 0 saturated carbocycles. The zero-order valence-corrected chi connectivity index (χ0v) is 11.3. The molecule has 4 N–H and O–H groups in total. The summed E-state index contributed by atoms with van der Waals surface area (Å²) in [6.07, 6.45) is -4.72. The average Bonchev–Trinajstić information content (AvgIpc) is 2.28. The van der Waals surface area contributed by atoms with Gasteiger partial charge in [0, 0.05) is 5.56 Å². The monoisotopic (exact) mass is 331 g/mol. The summed E-state index contributed by atoms with van der Waals surface area (Å²) in [6.45, 7) is -1.77. The molecule has 0 saturated heterocycles. The molecule has 0 radical (unpaired) electrons. The molecule has 0 atom stereocenters. The first-order valence-electron chi connectivity index (χ1n) is 4.94. The molecule has 0 aliphatic heterocycles. The lowest BCUT2D eigenvalue weighted by molar-refractivity contribution is -0.121. The Morgan fingerprint density at radius 3 is 2.40 bits per heavy atom. The molecule has 0 unspecified atom stereocenters. The Bertz CT molecular complexity index is 616. The van der Waals surface area contributed by atoms with Gasteiger partial charge in [-0.2, -0.15) is 26.3 Å².